The SMILES string of the molecule is C.C.C#C.C#CC.C#CC#CC.C#CC#CC#C.C#CC#CC#CC.C#CC#CC#CC#CC.C#CC#CC#CC#CC#C.C#CC#CC#CC#CC#CC.CC#CC.CC#CC#CC#CC.CC#CC#CC#CC#CC#CC.CC#CC#CC#CC#CC#CC#CC#CC12CCCC1C(C)CC(P(=O)(OO[O-])P(=O)([O-])[O-])C(C(C#CC#CC#CC#CC#CC#CC)C(=O)OC)C2. The molecule has 7 unspecified atom stereocenters. The molecule has 630 valence electrons. The highest BCUT2D eigenvalue weighted by Gasteiger charge is 2.57. The Morgan fingerprint density at radius 2 is 0.553 bits per heavy atom. The lowest BCUT2D eigenvalue weighted by Crippen LogP contribution is -2.37. The van der Waals surface area contributed by atoms with Crippen molar-refractivity contribution in [3.05, 3.63) is 0 Å². The van der Waals surface area contributed by atoms with E-state index in [9.17, 15) is 29.0 Å². The summed E-state index contributed by atoms with van der Waals surface area (Å²) in [5, 5.41) is 14.5. The van der Waals surface area contributed by atoms with Crippen LogP contribution in [0.25, 0.3) is 0 Å². The molecule has 2 fully saturated rings. The lowest BCUT2D eigenvalue weighted by Gasteiger charge is -2.44. The zero-order chi connectivity index (χ0) is 99.9. The molecule has 0 bridgehead atoms. The summed E-state index contributed by atoms with van der Waals surface area (Å²) in [6, 6.07) is 0. The van der Waals surface area contributed by atoms with Gasteiger partial charge in [0.25, 0.3) is 7.06 Å². The van der Waals surface area contributed by atoms with Gasteiger partial charge in [0.2, 0.25) is 0 Å². The molecule has 0 N–H and O–H groups in total. The third-order valence-electron chi connectivity index (χ3n) is 11.6. The summed E-state index contributed by atoms with van der Waals surface area (Å²) in [6.07, 6.45) is 52.3. The molecule has 0 radical (unpaired) electrons. The fraction of sp³-hybridized carbons (Fsp3) is 0.231. The summed E-state index contributed by atoms with van der Waals surface area (Å²) in [5.41, 5.74) is -2.60. The van der Waals surface area contributed by atoms with E-state index in [-0.39, 0.29) is 33.6 Å². The standard InChI is InChI=1S/C42H30O9P2.C12H6.C11H4.C10H2.C9H4.C8H6.C7H4.C6H2.C5H4.C4H6.C3H4.C2H2.2CH4/c1-5-7-9-11-13-15-17-18-20-22-24-26-28-32-42-33-29-31-39(42)36(3)34-40(52(45,51-50-44)53(46,47)48)38(35-42)37(41(43)49-4)30-27-25-23-21-19-16-14-12-10-8-6-2;1-3-5-7-9-11-12-10-8-6-4-2;1-3-5-7-9-11-10-8-6-4-2;1-3-5-7-9-10-8-6-4-2;1-3-5-7-9-8-6-4-2;1-3-5-7-8-6-4-2;1-3-5-7-6-4-2;1-3-5-6-4-2;1-3-5-4-2;1-3-4-2;1-3-2;1-2;;/h36-40,44H,29,31,33-35H2,1-4H3,(H2,46,47,48);1-2H3;1H,2H3;1-2H;1H,2H3;1-2H3;1H,2H3;1-2H;1H,2H3;1-2H3;1H,2H3;1-2H;2*1H4/p-3. The Labute approximate surface area is 794 Å². The highest BCUT2D eigenvalue weighted by molar-refractivity contribution is 8.28. The molecule has 0 aromatic carbocycles. The van der Waals surface area contributed by atoms with E-state index in [4.69, 9.17) is 56.1 Å². The Morgan fingerprint density at radius 3 is 0.758 bits per heavy atom. The maximum atomic E-state index is 14.0. The Hall–Kier alpha value is -20.5. The first kappa shape index (κ1) is 138. The van der Waals surface area contributed by atoms with Gasteiger partial charge in [0.05, 0.1) is 7.11 Å². The highest BCUT2D eigenvalue weighted by Crippen LogP contribution is 2.79. The quantitative estimate of drug-likeness (QED) is 0.0834. The van der Waals surface area contributed by atoms with Crippen molar-refractivity contribution >= 4 is 20.3 Å². The fourth-order valence-corrected chi connectivity index (χ4v) is 11.8. The molecule has 0 heterocycles. The van der Waals surface area contributed by atoms with E-state index < -0.39 is 49.1 Å². The molecule has 7 atom stereocenters. The molecule has 2 rings (SSSR count). The number of hydrogen-bond acceptors (Lipinski definition) is 9. The zero-order valence-electron chi connectivity index (χ0n) is 73.8. The van der Waals surface area contributed by atoms with Crippen molar-refractivity contribution < 1.29 is 43.4 Å². The van der Waals surface area contributed by atoms with Crippen molar-refractivity contribution in [1.82, 2.24) is 0 Å². The minimum absolute atomic E-state index is 0. The number of carbonyl (C=O) groups is 1. The molecular formula is C121H79O9P2-3. The van der Waals surface area contributed by atoms with Crippen LogP contribution in [0.15, 0.2) is 0 Å². The van der Waals surface area contributed by atoms with E-state index in [0.29, 0.717) is 12.8 Å². The van der Waals surface area contributed by atoms with Gasteiger partial charge in [-0.15, -0.1) is 88.4 Å². The Morgan fingerprint density at radius 1 is 0.341 bits per heavy atom. The van der Waals surface area contributed by atoms with E-state index in [1.54, 1.807) is 83.1 Å². The molecule has 132 heavy (non-hydrogen) atoms. The predicted octanol–water partition coefficient (Wildman–Crippen LogP) is 9.77. The van der Waals surface area contributed by atoms with Crippen LogP contribution in [0.5, 0.6) is 0 Å². The van der Waals surface area contributed by atoms with Gasteiger partial charge in [0, 0.05) is 18.4 Å². The van der Waals surface area contributed by atoms with Crippen molar-refractivity contribution in [1.29, 1.82) is 0 Å². The number of methoxy groups -OCH3 is 1. The van der Waals surface area contributed by atoms with Crippen LogP contribution in [-0.4, -0.2) is 18.7 Å². The molecule has 11 heteroatoms. The predicted molar refractivity (Wildman–Crippen MR) is 535 cm³/mol. The highest BCUT2D eigenvalue weighted by atomic mass is 32.1. The van der Waals surface area contributed by atoms with Crippen LogP contribution >= 0.6 is 14.3 Å². The molecule has 2 saturated carbocycles. The zero-order valence-corrected chi connectivity index (χ0v) is 75.6. The molecule has 9 nitrogen and oxygen atoms in total. The van der Waals surface area contributed by atoms with E-state index >= 15 is 0 Å². The molecule has 0 aromatic heterocycles. The van der Waals surface area contributed by atoms with Crippen molar-refractivity contribution in [2.24, 2.45) is 29.1 Å². The van der Waals surface area contributed by atoms with Gasteiger partial charge in [0.15, 0.2) is 0 Å². The summed E-state index contributed by atoms with van der Waals surface area (Å²) in [7, 11) is -10.6. The first-order valence-corrected chi connectivity index (χ1v) is 39.2. The van der Waals surface area contributed by atoms with Gasteiger partial charge in [0.1, 0.15) is 5.92 Å². The maximum Gasteiger partial charge on any atom is 0.321 e. The number of fused-ring (bicyclic) bond motifs is 1. The minimum Gasteiger partial charge on any atom is -0.804 e. The van der Waals surface area contributed by atoms with Crippen molar-refractivity contribution in [3.63, 3.8) is 0 Å². The lowest BCUT2D eigenvalue weighted by atomic mass is 9.68. The molecule has 0 aromatic rings. The number of terminal acetylenes is 10. The van der Waals surface area contributed by atoms with Gasteiger partial charge < -0.3 is 24.3 Å². The van der Waals surface area contributed by atoms with Gasteiger partial charge in [-0.05, 0) is 524 Å². The molecule has 0 aliphatic heterocycles. The molecular weight excluding hydrogens is 1660 g/mol. The van der Waals surface area contributed by atoms with Gasteiger partial charge >= 0.3 is 5.97 Å². The summed E-state index contributed by atoms with van der Waals surface area (Å²) < 4.78 is 35.8. The average Bonchev–Trinajstić information content (AvgIpc) is 1.62. The van der Waals surface area contributed by atoms with Crippen molar-refractivity contribution in [2.45, 2.75) is 150 Å². The third-order valence-corrected chi connectivity index (χ3v) is 17.2. The Balaban J connectivity index is -0.000000146. The maximum absolute atomic E-state index is 14.0. The van der Waals surface area contributed by atoms with Crippen LogP contribution in [0, 0.1) is 579 Å². The van der Waals surface area contributed by atoms with Gasteiger partial charge in [-0.3, -0.25) is 14.4 Å². The number of rotatable bonds is 6. The minimum atomic E-state index is -6.17. The first-order valence-electron chi connectivity index (χ1n) is 35.2. The summed E-state index contributed by atoms with van der Waals surface area (Å²) >= 11 is 0. The summed E-state index contributed by atoms with van der Waals surface area (Å²) in [6.45, 7) is 24.1. The van der Waals surface area contributed by atoms with Gasteiger partial charge in [-0.1, -0.05) is 99.2 Å². The largest absolute Gasteiger partial charge is 0.804 e. The Bertz CT molecular complexity index is 6960. The summed E-state index contributed by atoms with van der Waals surface area (Å²) in [5.74, 6) is 196. The number of ether oxygens (including phenoxy) is 1. The molecule has 0 saturated heterocycles. The van der Waals surface area contributed by atoms with Crippen LogP contribution in [0.4, 0.5) is 0 Å². The van der Waals surface area contributed by atoms with Crippen LogP contribution in [0.3, 0.4) is 0 Å². The summed E-state index contributed by atoms with van der Waals surface area (Å²) in [4.78, 5) is 38.3. The van der Waals surface area contributed by atoms with Crippen molar-refractivity contribution in [2.75, 3.05) is 7.11 Å². The van der Waals surface area contributed by atoms with Gasteiger partial charge in [-0.25, -0.2) is 0 Å². The van der Waals surface area contributed by atoms with Crippen molar-refractivity contribution in [3.8, 4) is 550 Å². The second-order valence-electron chi connectivity index (χ2n) is 19.4. The number of hydrogen-bond donors (Lipinski definition) is 0. The van der Waals surface area contributed by atoms with E-state index in [2.05, 4.69) is 509 Å². The Kier molecular flexibility index (Phi) is 126. The first-order chi connectivity index (χ1) is 63.1. The number of carbonyl (C=O) groups excluding carboxylic acids is 1. The van der Waals surface area contributed by atoms with Crippen LogP contribution in [0.2, 0.25) is 0 Å². The van der Waals surface area contributed by atoms with E-state index in [1.165, 1.54) is 0 Å². The third kappa shape index (κ3) is 102. The second-order valence-corrected chi connectivity index (χ2v) is 25.5. The van der Waals surface area contributed by atoms with Crippen LogP contribution in [-0.2, 0) is 28.4 Å². The monoisotopic (exact) mass is 1740 g/mol. The molecule has 0 spiro atoms. The molecule has 2 aliphatic carbocycles. The molecule has 2 aliphatic rings. The van der Waals surface area contributed by atoms with Crippen LogP contribution < -0.4 is 15.0 Å². The smallest absolute Gasteiger partial charge is 0.321 e. The molecule has 0 amide bonds. The van der Waals surface area contributed by atoms with E-state index in [0.717, 1.165) is 13.5 Å². The van der Waals surface area contributed by atoms with Crippen LogP contribution in [0.1, 0.15) is 144 Å². The fourth-order valence-electron chi connectivity index (χ4n) is 7.54. The normalized spacial score (nSPS) is 10.5. The number of esters is 1. The van der Waals surface area contributed by atoms with Gasteiger partial charge in [-0.2, -0.15) is 4.67 Å². The topological polar surface area (TPSA) is 148 Å². The average molecular weight is 1740 g/mol. The second kappa shape index (κ2) is 121. The van der Waals surface area contributed by atoms with E-state index in [1.807, 2.05) is 13.8 Å². The lowest BCUT2D eigenvalue weighted by molar-refractivity contribution is -0.779.